The minimum Gasteiger partial charge on any atom is -0.493 e. The molecule has 39 heavy (non-hydrogen) atoms. The van der Waals surface area contributed by atoms with E-state index in [2.05, 4.69) is 5.32 Å². The highest BCUT2D eigenvalue weighted by Gasteiger charge is 2.41. The molecule has 1 N–H and O–H groups in total. The third kappa shape index (κ3) is 6.65. The van der Waals surface area contributed by atoms with Crippen LogP contribution in [0.5, 0.6) is 11.5 Å². The Morgan fingerprint density at radius 1 is 1.08 bits per heavy atom. The number of allylic oxidation sites excluding steroid dienone is 1. The molecule has 1 atom stereocenters. The van der Waals surface area contributed by atoms with E-state index in [-0.39, 0.29) is 24.5 Å². The summed E-state index contributed by atoms with van der Waals surface area (Å²) >= 11 is 1.44. The van der Waals surface area contributed by atoms with E-state index in [1.165, 1.54) is 11.8 Å². The fraction of sp³-hybridized carbons (Fsp3) is 0.367. The number of carbonyl (C=O) groups excluding carboxylic acids is 2. The number of carbonyl (C=O) groups is 2. The molecule has 0 saturated carbocycles. The van der Waals surface area contributed by atoms with Crippen LogP contribution in [0.2, 0.25) is 0 Å². The number of methoxy groups -OCH3 is 1. The summed E-state index contributed by atoms with van der Waals surface area (Å²) in [5, 5.41) is 5.57. The summed E-state index contributed by atoms with van der Waals surface area (Å²) in [5.41, 5.74) is 3.59. The highest BCUT2D eigenvalue weighted by Crippen LogP contribution is 2.46. The summed E-state index contributed by atoms with van der Waals surface area (Å²) in [6.07, 6.45) is -0.145. The SMILES string of the molecule is COc1cc(C2C(C(=O)OC(C)C)=C(C)N=C3SC=C(CC(=O)NC(C)C)N32)ccc1OCc1ccccc1. The third-order valence-electron chi connectivity index (χ3n) is 6.10. The molecule has 2 aromatic rings. The molecule has 0 saturated heterocycles. The van der Waals surface area contributed by atoms with E-state index < -0.39 is 12.0 Å². The Kier molecular flexibility index (Phi) is 9.01. The second-order valence-electron chi connectivity index (χ2n) is 9.93. The second kappa shape index (κ2) is 12.4. The molecule has 2 heterocycles. The molecule has 9 heteroatoms. The number of aliphatic imine (C=N–C) groups is 1. The quantitative estimate of drug-likeness (QED) is 0.380. The third-order valence-corrected chi connectivity index (χ3v) is 6.98. The van der Waals surface area contributed by atoms with Crippen LogP contribution in [0.25, 0.3) is 0 Å². The first-order chi connectivity index (χ1) is 18.7. The molecular weight excluding hydrogens is 514 g/mol. The zero-order valence-electron chi connectivity index (χ0n) is 23.2. The molecule has 0 spiro atoms. The number of hydrogen-bond donors (Lipinski definition) is 1. The average Bonchev–Trinajstić information content (AvgIpc) is 3.27. The molecule has 4 rings (SSSR count). The average molecular weight is 550 g/mol. The van der Waals surface area contributed by atoms with E-state index in [1.54, 1.807) is 7.11 Å². The van der Waals surface area contributed by atoms with Gasteiger partial charge in [-0.05, 0) is 63.3 Å². The van der Waals surface area contributed by atoms with Gasteiger partial charge in [-0.15, -0.1) is 0 Å². The first-order valence-corrected chi connectivity index (χ1v) is 13.8. The summed E-state index contributed by atoms with van der Waals surface area (Å²) in [6, 6.07) is 15.0. The van der Waals surface area contributed by atoms with Gasteiger partial charge in [-0.25, -0.2) is 9.79 Å². The van der Waals surface area contributed by atoms with Gasteiger partial charge in [-0.1, -0.05) is 48.2 Å². The van der Waals surface area contributed by atoms with Crippen LogP contribution >= 0.6 is 11.8 Å². The van der Waals surface area contributed by atoms with Crippen LogP contribution in [0, 0.1) is 0 Å². The summed E-state index contributed by atoms with van der Waals surface area (Å²) in [7, 11) is 1.59. The molecule has 1 unspecified atom stereocenters. The standard InChI is InChI=1S/C30H35N3O5S/c1-18(2)31-26(34)15-23-17-39-30-32-20(5)27(29(35)38-19(3)4)28(33(23)30)22-12-13-24(25(14-22)36-6)37-16-21-10-8-7-9-11-21/h7-14,17-19,28H,15-16H2,1-6H3,(H,31,34). The van der Waals surface area contributed by atoms with Crippen LogP contribution in [-0.4, -0.2) is 41.2 Å². The normalized spacial score (nSPS) is 16.6. The maximum absolute atomic E-state index is 13.4. The minimum atomic E-state index is -0.561. The molecular formula is C30H35N3O5S. The molecule has 8 nitrogen and oxygen atoms in total. The largest absolute Gasteiger partial charge is 0.493 e. The first-order valence-electron chi connectivity index (χ1n) is 13.0. The van der Waals surface area contributed by atoms with Gasteiger partial charge in [0.15, 0.2) is 16.7 Å². The maximum atomic E-state index is 13.4. The van der Waals surface area contributed by atoms with E-state index in [4.69, 9.17) is 19.2 Å². The van der Waals surface area contributed by atoms with Gasteiger partial charge in [0.05, 0.1) is 36.9 Å². The number of ether oxygens (including phenoxy) is 3. The Bertz CT molecular complexity index is 1320. The summed E-state index contributed by atoms with van der Waals surface area (Å²) < 4.78 is 17.4. The van der Waals surface area contributed by atoms with Crippen molar-refractivity contribution in [3.05, 3.63) is 82.0 Å². The number of rotatable bonds is 10. The van der Waals surface area contributed by atoms with Crippen molar-refractivity contribution in [3.8, 4) is 11.5 Å². The predicted octanol–water partition coefficient (Wildman–Crippen LogP) is 5.72. The van der Waals surface area contributed by atoms with Crippen LogP contribution in [0.4, 0.5) is 0 Å². The smallest absolute Gasteiger partial charge is 0.338 e. The Labute approximate surface area is 234 Å². The zero-order chi connectivity index (χ0) is 28.1. The van der Waals surface area contributed by atoms with Gasteiger partial charge in [0, 0.05) is 11.7 Å². The fourth-order valence-electron chi connectivity index (χ4n) is 4.47. The molecule has 0 bridgehead atoms. The van der Waals surface area contributed by atoms with Crippen LogP contribution in [0.1, 0.15) is 58.2 Å². The lowest BCUT2D eigenvalue weighted by atomic mass is 9.93. The summed E-state index contributed by atoms with van der Waals surface area (Å²) in [4.78, 5) is 32.8. The fourth-order valence-corrected chi connectivity index (χ4v) is 5.43. The Balaban J connectivity index is 1.71. The molecule has 2 aliphatic heterocycles. The lowest BCUT2D eigenvalue weighted by Gasteiger charge is -2.36. The number of amides is 1. The molecule has 0 radical (unpaired) electrons. The van der Waals surface area contributed by atoms with Crippen molar-refractivity contribution in [1.82, 2.24) is 10.2 Å². The van der Waals surface area contributed by atoms with Crippen LogP contribution < -0.4 is 14.8 Å². The molecule has 206 valence electrons. The Hall–Kier alpha value is -3.72. The first kappa shape index (κ1) is 28.3. The zero-order valence-corrected chi connectivity index (χ0v) is 24.0. The molecule has 2 aliphatic rings. The second-order valence-corrected chi connectivity index (χ2v) is 10.8. The number of hydrogen-bond acceptors (Lipinski definition) is 8. The number of nitrogens with one attached hydrogen (secondary N) is 1. The Morgan fingerprint density at radius 2 is 1.82 bits per heavy atom. The lowest BCUT2D eigenvalue weighted by Crippen LogP contribution is -2.39. The molecule has 2 aromatic carbocycles. The van der Waals surface area contributed by atoms with Crippen molar-refractivity contribution in [2.24, 2.45) is 4.99 Å². The van der Waals surface area contributed by atoms with E-state index in [9.17, 15) is 9.59 Å². The van der Waals surface area contributed by atoms with Gasteiger partial charge in [0.1, 0.15) is 6.61 Å². The topological polar surface area (TPSA) is 89.5 Å². The molecule has 1 amide bonds. The van der Waals surface area contributed by atoms with Gasteiger partial charge >= 0.3 is 5.97 Å². The Morgan fingerprint density at radius 3 is 2.49 bits per heavy atom. The van der Waals surface area contributed by atoms with Crippen molar-refractivity contribution in [3.63, 3.8) is 0 Å². The van der Waals surface area contributed by atoms with Crippen LogP contribution in [0.3, 0.4) is 0 Å². The molecule has 0 fully saturated rings. The van der Waals surface area contributed by atoms with Gasteiger partial charge in [-0.2, -0.15) is 0 Å². The highest BCUT2D eigenvalue weighted by atomic mass is 32.2. The van der Waals surface area contributed by atoms with Gasteiger partial charge in [0.25, 0.3) is 0 Å². The summed E-state index contributed by atoms with van der Waals surface area (Å²) in [6.45, 7) is 9.68. The summed E-state index contributed by atoms with van der Waals surface area (Å²) in [5.74, 6) is 0.583. The minimum absolute atomic E-state index is 0.0175. The number of amidine groups is 1. The van der Waals surface area contributed by atoms with Crippen molar-refractivity contribution in [2.45, 2.75) is 65.8 Å². The number of fused-ring (bicyclic) bond motifs is 1. The van der Waals surface area contributed by atoms with E-state index >= 15 is 0 Å². The van der Waals surface area contributed by atoms with Gasteiger partial charge in [-0.3, -0.25) is 4.79 Å². The number of nitrogens with zero attached hydrogens (tertiary/aromatic N) is 2. The van der Waals surface area contributed by atoms with E-state index in [1.807, 2.05) is 93.5 Å². The van der Waals surface area contributed by atoms with Crippen LogP contribution in [0.15, 0.2) is 75.9 Å². The number of benzene rings is 2. The van der Waals surface area contributed by atoms with Crippen molar-refractivity contribution >= 4 is 28.8 Å². The van der Waals surface area contributed by atoms with Gasteiger partial charge < -0.3 is 24.4 Å². The number of esters is 1. The van der Waals surface area contributed by atoms with Crippen molar-refractivity contribution in [2.75, 3.05) is 7.11 Å². The van der Waals surface area contributed by atoms with E-state index in [0.29, 0.717) is 34.5 Å². The lowest BCUT2D eigenvalue weighted by molar-refractivity contribution is -0.143. The van der Waals surface area contributed by atoms with Crippen LogP contribution in [-0.2, 0) is 20.9 Å². The maximum Gasteiger partial charge on any atom is 0.338 e. The molecule has 0 aromatic heterocycles. The predicted molar refractivity (Wildman–Crippen MR) is 153 cm³/mol. The number of thioether (sulfide) groups is 1. The monoisotopic (exact) mass is 549 g/mol. The highest BCUT2D eigenvalue weighted by molar-refractivity contribution is 8.16. The van der Waals surface area contributed by atoms with Gasteiger partial charge in [0.2, 0.25) is 5.91 Å². The molecule has 0 aliphatic carbocycles. The van der Waals surface area contributed by atoms with E-state index in [0.717, 1.165) is 16.8 Å². The van der Waals surface area contributed by atoms with Crippen molar-refractivity contribution in [1.29, 1.82) is 0 Å². The van der Waals surface area contributed by atoms with Crippen molar-refractivity contribution < 1.29 is 23.8 Å².